The highest BCUT2D eigenvalue weighted by atomic mass is 16.2. The maximum absolute atomic E-state index is 12.8. The molecule has 0 spiro atoms. The Bertz CT molecular complexity index is 1110. The van der Waals surface area contributed by atoms with Crippen LogP contribution < -0.4 is 27.0 Å². The van der Waals surface area contributed by atoms with E-state index in [0.717, 1.165) is 29.7 Å². The highest BCUT2D eigenvalue weighted by molar-refractivity contribution is 5.96. The van der Waals surface area contributed by atoms with Gasteiger partial charge in [-0.15, -0.1) is 0 Å². The predicted molar refractivity (Wildman–Crippen MR) is 170 cm³/mol. The lowest BCUT2D eigenvalue weighted by atomic mass is 10.0. The second kappa shape index (κ2) is 19.2. The molecule has 10 heteroatoms. The van der Waals surface area contributed by atoms with Crippen molar-refractivity contribution >= 4 is 29.3 Å². The first-order valence-electron chi connectivity index (χ1n) is 14.6. The van der Waals surface area contributed by atoms with Crippen molar-refractivity contribution in [3.05, 3.63) is 66.4 Å². The third-order valence-corrected chi connectivity index (χ3v) is 6.68. The molecule has 1 rings (SSSR count). The average Bonchev–Trinajstić information content (AvgIpc) is 2.93. The molecule has 1 aromatic carbocycles. The molecule has 0 aliphatic heterocycles. The first kappa shape index (κ1) is 36.1. The predicted octanol–water partition coefficient (Wildman–Crippen LogP) is 2.94. The number of hydrogen-bond donors (Lipinski definition) is 5. The van der Waals surface area contributed by atoms with E-state index < -0.39 is 17.9 Å². The number of hydrogen-bond acceptors (Lipinski definition) is 6. The Morgan fingerprint density at radius 2 is 1.76 bits per heavy atom. The summed E-state index contributed by atoms with van der Waals surface area (Å²) in [7, 11) is 1.88. The number of anilines is 1. The molecule has 0 heterocycles. The normalized spacial score (nSPS) is 12.4. The van der Waals surface area contributed by atoms with E-state index in [1.807, 2.05) is 43.1 Å². The van der Waals surface area contributed by atoms with Crippen LogP contribution in [0.15, 0.2) is 55.3 Å². The minimum absolute atomic E-state index is 0.0558. The molecule has 0 aliphatic carbocycles. The van der Waals surface area contributed by atoms with Crippen LogP contribution in [0.2, 0.25) is 0 Å². The van der Waals surface area contributed by atoms with Crippen molar-refractivity contribution in [2.45, 2.75) is 71.9 Å². The van der Waals surface area contributed by atoms with Crippen molar-refractivity contribution in [2.75, 3.05) is 32.0 Å². The molecule has 0 saturated carbocycles. The molecule has 0 radical (unpaired) electrons. The zero-order valence-electron chi connectivity index (χ0n) is 25.9. The molecule has 1 aromatic rings. The van der Waals surface area contributed by atoms with Gasteiger partial charge in [-0.2, -0.15) is 0 Å². The van der Waals surface area contributed by atoms with Crippen LogP contribution in [-0.2, 0) is 25.6 Å². The molecular weight excluding hydrogens is 532 g/mol. The molecule has 4 amide bonds. The molecule has 0 bridgehead atoms. The number of nitrogens with one attached hydrogen (secondary N) is 4. The van der Waals surface area contributed by atoms with Gasteiger partial charge < -0.3 is 31.9 Å². The van der Waals surface area contributed by atoms with Gasteiger partial charge >= 0.3 is 0 Å². The molecule has 0 aliphatic rings. The van der Waals surface area contributed by atoms with E-state index in [9.17, 15) is 19.2 Å². The highest BCUT2D eigenvalue weighted by Crippen LogP contribution is 2.18. The van der Waals surface area contributed by atoms with Gasteiger partial charge in [0.1, 0.15) is 6.04 Å². The van der Waals surface area contributed by atoms with Crippen molar-refractivity contribution < 1.29 is 19.2 Å². The van der Waals surface area contributed by atoms with Gasteiger partial charge in [-0.05, 0) is 55.4 Å². The largest absolute Gasteiger partial charge is 0.375 e. The average molecular weight is 583 g/mol. The van der Waals surface area contributed by atoms with Gasteiger partial charge in [0.15, 0.2) is 0 Å². The van der Waals surface area contributed by atoms with Gasteiger partial charge in [-0.3, -0.25) is 19.2 Å². The number of carbonyl (C=O) groups excluding carboxylic acids is 4. The first-order valence-corrected chi connectivity index (χ1v) is 14.6. The summed E-state index contributed by atoms with van der Waals surface area (Å²) in [4.78, 5) is 52.0. The third kappa shape index (κ3) is 14.1. The van der Waals surface area contributed by atoms with Crippen LogP contribution in [0.25, 0.3) is 0 Å². The van der Waals surface area contributed by atoms with Crippen LogP contribution in [-0.4, -0.2) is 67.3 Å². The van der Waals surface area contributed by atoms with Crippen LogP contribution in [0.4, 0.5) is 5.69 Å². The van der Waals surface area contributed by atoms with Crippen LogP contribution in [0, 0.1) is 12.8 Å². The van der Waals surface area contributed by atoms with Gasteiger partial charge in [0, 0.05) is 37.4 Å². The second-order valence-corrected chi connectivity index (χ2v) is 10.8. The Morgan fingerprint density at radius 3 is 2.40 bits per heavy atom. The Kier molecular flexibility index (Phi) is 16.5. The summed E-state index contributed by atoms with van der Waals surface area (Å²) in [6, 6.07) is 5.04. The fourth-order valence-electron chi connectivity index (χ4n) is 4.13. The summed E-state index contributed by atoms with van der Waals surface area (Å²) >= 11 is 0. The molecule has 6 N–H and O–H groups in total. The van der Waals surface area contributed by atoms with Gasteiger partial charge in [0.05, 0.1) is 13.1 Å². The van der Waals surface area contributed by atoms with E-state index in [0.29, 0.717) is 25.1 Å². The fourth-order valence-corrected chi connectivity index (χ4v) is 4.13. The SMILES string of the molecule is C=C/C=C\C(=C)N(C)CCCC(=O)NCC(=O)NC(C(=O)NCC(=O)Nc1cc(CC(N)CCC)ccc1C)C(C)C. The molecular formula is C32H50N6O4. The molecule has 2 atom stereocenters. The van der Waals surface area contributed by atoms with Gasteiger partial charge in [-0.25, -0.2) is 0 Å². The number of allylic oxidation sites excluding steroid dienone is 3. The van der Waals surface area contributed by atoms with Crippen LogP contribution in [0.1, 0.15) is 57.6 Å². The summed E-state index contributed by atoms with van der Waals surface area (Å²) in [5, 5.41) is 10.7. The zero-order valence-corrected chi connectivity index (χ0v) is 25.9. The Balaban J connectivity index is 2.52. The van der Waals surface area contributed by atoms with E-state index in [2.05, 4.69) is 41.3 Å². The Labute approximate surface area is 251 Å². The summed E-state index contributed by atoms with van der Waals surface area (Å²) in [5.41, 5.74) is 9.57. The van der Waals surface area contributed by atoms with Crippen molar-refractivity contribution in [2.24, 2.45) is 11.7 Å². The number of nitrogens with two attached hydrogens (primary N) is 1. The maximum Gasteiger partial charge on any atom is 0.243 e. The number of amides is 4. The van der Waals surface area contributed by atoms with E-state index in [1.54, 1.807) is 26.0 Å². The summed E-state index contributed by atoms with van der Waals surface area (Å²) < 4.78 is 0. The number of rotatable bonds is 19. The van der Waals surface area contributed by atoms with Crippen LogP contribution in [0.3, 0.4) is 0 Å². The van der Waals surface area contributed by atoms with Crippen LogP contribution in [0.5, 0.6) is 0 Å². The minimum atomic E-state index is -0.865. The molecule has 10 nitrogen and oxygen atoms in total. The smallest absolute Gasteiger partial charge is 0.243 e. The van der Waals surface area contributed by atoms with E-state index in [4.69, 9.17) is 5.73 Å². The Morgan fingerprint density at radius 1 is 1.07 bits per heavy atom. The monoisotopic (exact) mass is 582 g/mol. The van der Waals surface area contributed by atoms with Gasteiger partial charge in [0.2, 0.25) is 23.6 Å². The van der Waals surface area contributed by atoms with E-state index in [1.165, 1.54) is 0 Å². The maximum atomic E-state index is 12.8. The fraction of sp³-hybridized carbons (Fsp3) is 0.500. The quantitative estimate of drug-likeness (QED) is 0.159. The van der Waals surface area contributed by atoms with Crippen molar-refractivity contribution in [3.8, 4) is 0 Å². The van der Waals surface area contributed by atoms with Gasteiger partial charge in [-0.1, -0.05) is 64.6 Å². The number of likely N-dealkylation sites (N-methyl/N-ethyl adjacent to an activating group) is 1. The first-order chi connectivity index (χ1) is 19.9. The van der Waals surface area contributed by atoms with Crippen molar-refractivity contribution in [1.29, 1.82) is 0 Å². The van der Waals surface area contributed by atoms with E-state index >= 15 is 0 Å². The summed E-state index contributed by atoms with van der Waals surface area (Å²) in [6.45, 7) is 15.3. The number of benzene rings is 1. The van der Waals surface area contributed by atoms with Crippen LogP contribution >= 0.6 is 0 Å². The lowest BCUT2D eigenvalue weighted by molar-refractivity contribution is -0.131. The minimum Gasteiger partial charge on any atom is -0.375 e. The van der Waals surface area contributed by atoms with E-state index in [-0.39, 0.29) is 43.3 Å². The number of carbonyl (C=O) groups is 4. The molecule has 0 saturated heterocycles. The lowest BCUT2D eigenvalue weighted by Gasteiger charge is -2.22. The Hall–Kier alpha value is -3.92. The number of aryl methyl sites for hydroxylation is 1. The summed E-state index contributed by atoms with van der Waals surface area (Å²) in [5.74, 6) is -1.86. The standard InChI is InChI=1S/C32H50N6O4/c1-8-10-13-24(6)38(7)17-11-14-28(39)34-20-30(41)37-31(22(3)4)32(42)35-21-29(40)36-27-19-25(16-15-23(27)5)18-26(33)12-9-2/h8,10,13,15-16,19,22,26,31H,1,6,9,11-12,14,17-18,20-21,33H2,2-5,7H3,(H,34,39)(H,35,42)(H,36,40)(H,37,41)/b13-10-. The third-order valence-electron chi connectivity index (χ3n) is 6.68. The highest BCUT2D eigenvalue weighted by Gasteiger charge is 2.24. The molecule has 232 valence electrons. The zero-order chi connectivity index (χ0) is 31.7. The topological polar surface area (TPSA) is 146 Å². The second-order valence-electron chi connectivity index (χ2n) is 10.8. The molecule has 0 aromatic heterocycles. The lowest BCUT2D eigenvalue weighted by Crippen LogP contribution is -2.52. The van der Waals surface area contributed by atoms with Crippen molar-refractivity contribution in [3.63, 3.8) is 0 Å². The summed E-state index contributed by atoms with van der Waals surface area (Å²) in [6.07, 6.45) is 8.75. The molecule has 42 heavy (non-hydrogen) atoms. The molecule has 2 unspecified atom stereocenters. The molecule has 0 fully saturated rings. The van der Waals surface area contributed by atoms with Gasteiger partial charge in [0.25, 0.3) is 0 Å². The number of nitrogens with zero attached hydrogens (tertiary/aromatic N) is 1. The van der Waals surface area contributed by atoms with Crippen molar-refractivity contribution in [1.82, 2.24) is 20.9 Å².